The molecule has 3 aromatic rings. The van der Waals surface area contributed by atoms with Gasteiger partial charge in [0.25, 0.3) is 0 Å². The first-order valence-electron chi connectivity index (χ1n) is 11.7. The van der Waals surface area contributed by atoms with E-state index in [9.17, 15) is 4.79 Å². The van der Waals surface area contributed by atoms with Gasteiger partial charge in [-0.1, -0.05) is 43.3 Å². The molecule has 1 saturated carbocycles. The van der Waals surface area contributed by atoms with Gasteiger partial charge in [0.1, 0.15) is 0 Å². The predicted octanol–water partition coefficient (Wildman–Crippen LogP) is 5.81. The molecule has 5 heteroatoms. The van der Waals surface area contributed by atoms with Crippen LogP contribution in [0.1, 0.15) is 44.3 Å². The fourth-order valence-corrected chi connectivity index (χ4v) is 4.44. The maximum absolute atomic E-state index is 13.3. The molecule has 0 saturated heterocycles. The smallest absolute Gasteiger partial charge is 0.235 e. The number of amides is 1. The van der Waals surface area contributed by atoms with Gasteiger partial charge in [-0.3, -0.25) is 4.79 Å². The van der Waals surface area contributed by atoms with Gasteiger partial charge in [-0.15, -0.1) is 0 Å². The van der Waals surface area contributed by atoms with Crippen LogP contribution in [-0.2, 0) is 16.8 Å². The summed E-state index contributed by atoms with van der Waals surface area (Å²) in [6, 6.07) is 20.6. The van der Waals surface area contributed by atoms with Crippen LogP contribution in [0.3, 0.4) is 0 Å². The van der Waals surface area contributed by atoms with Crippen LogP contribution in [0.5, 0.6) is 11.5 Å². The molecular weight excluding hydrogens is 412 g/mol. The second-order valence-corrected chi connectivity index (χ2v) is 9.01. The van der Waals surface area contributed by atoms with Crippen LogP contribution in [0.2, 0.25) is 0 Å². The zero-order chi connectivity index (χ0) is 22.8. The molecule has 33 heavy (non-hydrogen) atoms. The molecule has 0 bridgehead atoms. The van der Waals surface area contributed by atoms with Crippen molar-refractivity contribution in [3.05, 3.63) is 77.4 Å². The lowest BCUT2D eigenvalue weighted by Gasteiger charge is -2.17. The van der Waals surface area contributed by atoms with E-state index in [1.54, 1.807) is 0 Å². The number of ether oxygens (including phenoxy) is 2. The lowest BCUT2D eigenvalue weighted by Crippen LogP contribution is -2.27. The van der Waals surface area contributed by atoms with E-state index in [-0.39, 0.29) is 14.1 Å². The first-order chi connectivity index (χ1) is 16.1. The molecule has 0 aromatic heterocycles. The SMILES string of the molecule is CCCNCc1ccc(-c2cc(NC(=O)C3(c4ccc5c(c4)OCO5)CC3)ccc2C)cc1.[HH]. The average molecular weight is 445 g/mol. The van der Waals surface area contributed by atoms with Crippen molar-refractivity contribution < 1.29 is 15.7 Å². The van der Waals surface area contributed by atoms with Gasteiger partial charge in [-0.2, -0.15) is 0 Å². The quantitative estimate of drug-likeness (QED) is 0.431. The molecule has 1 fully saturated rings. The fraction of sp³-hybridized carbons (Fsp3) is 0.321. The Kier molecular flexibility index (Phi) is 5.81. The minimum atomic E-state index is -0.487. The monoisotopic (exact) mass is 444 g/mol. The molecule has 3 aromatic carbocycles. The summed E-state index contributed by atoms with van der Waals surface area (Å²) in [7, 11) is 0. The first kappa shape index (κ1) is 21.5. The van der Waals surface area contributed by atoms with Crippen molar-refractivity contribution in [2.45, 2.75) is 45.1 Å². The number of hydrogen-bond acceptors (Lipinski definition) is 4. The third kappa shape index (κ3) is 4.33. The van der Waals surface area contributed by atoms with Crippen molar-refractivity contribution in [2.24, 2.45) is 0 Å². The maximum atomic E-state index is 13.3. The van der Waals surface area contributed by atoms with Crippen molar-refractivity contribution in [1.82, 2.24) is 5.32 Å². The van der Waals surface area contributed by atoms with Crippen LogP contribution in [-0.4, -0.2) is 19.2 Å². The van der Waals surface area contributed by atoms with E-state index in [0.717, 1.165) is 66.2 Å². The van der Waals surface area contributed by atoms with Crippen molar-refractivity contribution >= 4 is 11.6 Å². The highest BCUT2D eigenvalue weighted by Crippen LogP contribution is 2.51. The number of aryl methyl sites for hydroxylation is 1. The number of rotatable bonds is 8. The second kappa shape index (κ2) is 8.91. The summed E-state index contributed by atoms with van der Waals surface area (Å²) in [6.45, 7) is 6.42. The van der Waals surface area contributed by atoms with Crippen molar-refractivity contribution in [3.63, 3.8) is 0 Å². The Morgan fingerprint density at radius 1 is 1.00 bits per heavy atom. The van der Waals surface area contributed by atoms with Gasteiger partial charge in [-0.05, 0) is 84.8 Å². The molecule has 5 rings (SSSR count). The van der Waals surface area contributed by atoms with Gasteiger partial charge in [-0.25, -0.2) is 0 Å². The standard InChI is InChI=1S/C28H30N2O3.H2/c1-3-14-29-17-20-5-7-21(8-6-20)24-16-23(10-4-19(24)2)30-27(31)28(12-13-28)22-9-11-25-26(15-22)33-18-32-25;/h4-11,15-16,29H,3,12-14,17-18H2,1-2H3,(H,30,31);1H. The fourth-order valence-electron chi connectivity index (χ4n) is 4.44. The average Bonchev–Trinajstić information content (AvgIpc) is 3.52. The first-order valence-corrected chi connectivity index (χ1v) is 11.7. The number of carbonyl (C=O) groups excluding carboxylic acids is 1. The van der Waals surface area contributed by atoms with Crippen LogP contribution in [0, 0.1) is 6.92 Å². The Balaban J connectivity index is 0.00000274. The third-order valence-electron chi connectivity index (χ3n) is 6.63. The topological polar surface area (TPSA) is 59.6 Å². The summed E-state index contributed by atoms with van der Waals surface area (Å²) >= 11 is 0. The number of benzene rings is 3. The van der Waals surface area contributed by atoms with Gasteiger partial charge in [0.15, 0.2) is 11.5 Å². The lowest BCUT2D eigenvalue weighted by atomic mass is 9.94. The van der Waals surface area contributed by atoms with E-state index in [1.807, 2.05) is 24.3 Å². The number of nitrogens with one attached hydrogen (secondary N) is 2. The number of hydrogen-bond donors (Lipinski definition) is 2. The van der Waals surface area contributed by atoms with Gasteiger partial charge in [0.05, 0.1) is 5.41 Å². The molecule has 0 spiro atoms. The van der Waals surface area contributed by atoms with E-state index in [0.29, 0.717) is 0 Å². The molecule has 1 aliphatic carbocycles. The van der Waals surface area contributed by atoms with Crippen LogP contribution in [0.15, 0.2) is 60.7 Å². The van der Waals surface area contributed by atoms with Gasteiger partial charge < -0.3 is 20.1 Å². The third-order valence-corrected chi connectivity index (χ3v) is 6.63. The maximum Gasteiger partial charge on any atom is 0.235 e. The van der Waals surface area contributed by atoms with Crippen molar-refractivity contribution in [2.75, 3.05) is 18.7 Å². The molecule has 5 nitrogen and oxygen atoms in total. The van der Waals surface area contributed by atoms with Crippen molar-refractivity contribution in [1.29, 1.82) is 0 Å². The normalized spacial score (nSPS) is 15.3. The summed E-state index contributed by atoms with van der Waals surface area (Å²) in [5.41, 5.74) is 6.06. The van der Waals surface area contributed by atoms with Gasteiger partial charge in [0, 0.05) is 13.7 Å². The molecule has 1 amide bonds. The second-order valence-electron chi connectivity index (χ2n) is 9.01. The number of fused-ring (bicyclic) bond motifs is 1. The summed E-state index contributed by atoms with van der Waals surface area (Å²) in [6.07, 6.45) is 2.81. The van der Waals surface area contributed by atoms with Gasteiger partial charge >= 0.3 is 0 Å². The zero-order valence-electron chi connectivity index (χ0n) is 19.2. The van der Waals surface area contributed by atoms with E-state index in [1.165, 1.54) is 11.1 Å². The highest BCUT2D eigenvalue weighted by Gasteiger charge is 2.51. The van der Waals surface area contributed by atoms with Crippen LogP contribution >= 0.6 is 0 Å². The number of anilines is 1. The molecule has 1 aliphatic heterocycles. The van der Waals surface area contributed by atoms with E-state index < -0.39 is 5.41 Å². The molecule has 2 aliphatic rings. The van der Waals surface area contributed by atoms with Gasteiger partial charge in [0.2, 0.25) is 12.7 Å². The Morgan fingerprint density at radius 2 is 1.79 bits per heavy atom. The minimum absolute atomic E-state index is 0. The molecular formula is C28H32N2O3. The van der Waals surface area contributed by atoms with E-state index in [4.69, 9.17) is 9.47 Å². The number of carbonyl (C=O) groups is 1. The van der Waals surface area contributed by atoms with Crippen LogP contribution < -0.4 is 20.1 Å². The Bertz CT molecular complexity index is 1170. The minimum Gasteiger partial charge on any atom is -0.454 e. The van der Waals surface area contributed by atoms with E-state index in [2.05, 4.69) is 60.9 Å². The zero-order valence-corrected chi connectivity index (χ0v) is 19.2. The summed E-state index contributed by atoms with van der Waals surface area (Å²) in [5, 5.41) is 6.61. The summed E-state index contributed by atoms with van der Waals surface area (Å²) < 4.78 is 10.9. The Hall–Kier alpha value is -3.31. The molecule has 172 valence electrons. The van der Waals surface area contributed by atoms with Crippen molar-refractivity contribution in [3.8, 4) is 22.6 Å². The molecule has 0 unspecified atom stereocenters. The lowest BCUT2D eigenvalue weighted by molar-refractivity contribution is -0.118. The van der Waals surface area contributed by atoms with Crippen LogP contribution in [0.4, 0.5) is 5.69 Å². The van der Waals surface area contributed by atoms with E-state index >= 15 is 0 Å². The Morgan fingerprint density at radius 3 is 2.55 bits per heavy atom. The highest BCUT2D eigenvalue weighted by molar-refractivity contribution is 6.02. The molecule has 2 N–H and O–H groups in total. The molecule has 0 radical (unpaired) electrons. The predicted molar refractivity (Wildman–Crippen MR) is 133 cm³/mol. The summed E-state index contributed by atoms with van der Waals surface area (Å²) in [4.78, 5) is 13.3. The highest BCUT2D eigenvalue weighted by atomic mass is 16.7. The summed E-state index contributed by atoms with van der Waals surface area (Å²) in [5.74, 6) is 1.50. The molecule has 0 atom stereocenters. The van der Waals surface area contributed by atoms with Crippen LogP contribution in [0.25, 0.3) is 11.1 Å². The largest absolute Gasteiger partial charge is 0.454 e. The molecule has 1 heterocycles. The Labute approximate surface area is 196 Å².